The van der Waals surface area contributed by atoms with Crippen molar-refractivity contribution in [1.29, 1.82) is 5.26 Å². The second-order valence-corrected chi connectivity index (χ2v) is 5.78. The predicted molar refractivity (Wildman–Crippen MR) is 95.2 cm³/mol. The summed E-state index contributed by atoms with van der Waals surface area (Å²) >= 11 is 1.35. The van der Waals surface area contributed by atoms with Gasteiger partial charge >= 0.3 is 5.97 Å². The number of nitrogens with one attached hydrogen (secondary N) is 1. The molecule has 1 aromatic carbocycles. The highest BCUT2D eigenvalue weighted by molar-refractivity contribution is 7.98. The van der Waals surface area contributed by atoms with E-state index in [-0.39, 0.29) is 6.61 Å². The van der Waals surface area contributed by atoms with Crippen LogP contribution in [-0.2, 0) is 4.74 Å². The molecule has 0 saturated heterocycles. The fourth-order valence-electron chi connectivity index (χ4n) is 2.37. The van der Waals surface area contributed by atoms with Crippen LogP contribution in [0, 0.1) is 11.3 Å². The Bertz CT molecular complexity index is 977. The number of thioether (sulfide) groups is 1. The Morgan fingerprint density at radius 2 is 2.28 bits per heavy atom. The Morgan fingerprint density at radius 3 is 3.00 bits per heavy atom. The van der Waals surface area contributed by atoms with Crippen molar-refractivity contribution >= 4 is 34.9 Å². The summed E-state index contributed by atoms with van der Waals surface area (Å²) < 4.78 is 6.74. The van der Waals surface area contributed by atoms with Gasteiger partial charge in [0.25, 0.3) is 0 Å². The topological polar surface area (TPSA) is 92.3 Å². The zero-order valence-electron chi connectivity index (χ0n) is 13.7. The molecule has 0 spiro atoms. The van der Waals surface area contributed by atoms with Crippen LogP contribution in [-0.4, -0.2) is 33.4 Å². The molecule has 8 heteroatoms. The fourth-order valence-corrected chi connectivity index (χ4v) is 2.94. The van der Waals surface area contributed by atoms with Crippen LogP contribution in [0.1, 0.15) is 22.8 Å². The smallest absolute Gasteiger partial charge is 0.344 e. The Kier molecular flexibility index (Phi) is 4.86. The number of anilines is 2. The van der Waals surface area contributed by atoms with Crippen molar-refractivity contribution in [2.24, 2.45) is 0 Å². The molecule has 3 aromatic rings. The third kappa shape index (κ3) is 3.27. The SMILES string of the molecule is CCOC(=O)c1c(SC)nc2ccnn2c1Nc1cccc(C#N)c1. The molecular formula is C17H15N5O2S. The second kappa shape index (κ2) is 7.23. The monoisotopic (exact) mass is 353 g/mol. The molecule has 0 fully saturated rings. The molecule has 0 unspecified atom stereocenters. The van der Waals surface area contributed by atoms with Crippen LogP contribution in [0.3, 0.4) is 0 Å². The van der Waals surface area contributed by atoms with Crippen LogP contribution in [0.25, 0.3) is 5.65 Å². The van der Waals surface area contributed by atoms with E-state index in [1.807, 2.05) is 12.3 Å². The van der Waals surface area contributed by atoms with Crippen LogP contribution in [0.5, 0.6) is 0 Å². The molecule has 0 amide bonds. The third-order valence-corrected chi connectivity index (χ3v) is 4.11. The number of hydrogen-bond donors (Lipinski definition) is 1. The molecule has 1 N–H and O–H groups in total. The number of benzene rings is 1. The minimum Gasteiger partial charge on any atom is -0.462 e. The molecule has 25 heavy (non-hydrogen) atoms. The number of fused-ring (bicyclic) bond motifs is 1. The highest BCUT2D eigenvalue weighted by Gasteiger charge is 2.23. The highest BCUT2D eigenvalue weighted by atomic mass is 32.2. The minimum atomic E-state index is -0.476. The van der Waals surface area contributed by atoms with Gasteiger partial charge in [-0.2, -0.15) is 14.9 Å². The molecule has 3 rings (SSSR count). The van der Waals surface area contributed by atoms with Crippen molar-refractivity contribution in [2.45, 2.75) is 11.9 Å². The molecule has 0 aliphatic carbocycles. The van der Waals surface area contributed by atoms with Crippen LogP contribution < -0.4 is 5.32 Å². The fraction of sp³-hybridized carbons (Fsp3) is 0.176. The van der Waals surface area contributed by atoms with Crippen LogP contribution in [0.2, 0.25) is 0 Å². The summed E-state index contributed by atoms with van der Waals surface area (Å²) in [6.07, 6.45) is 3.45. The Hall–Kier alpha value is -3.05. The van der Waals surface area contributed by atoms with Gasteiger partial charge in [-0.15, -0.1) is 11.8 Å². The second-order valence-electron chi connectivity index (χ2n) is 4.98. The van der Waals surface area contributed by atoms with Crippen molar-refractivity contribution in [3.05, 3.63) is 47.7 Å². The summed E-state index contributed by atoms with van der Waals surface area (Å²) in [7, 11) is 0. The van der Waals surface area contributed by atoms with Gasteiger partial charge in [0, 0.05) is 11.8 Å². The lowest BCUT2D eigenvalue weighted by Crippen LogP contribution is -2.14. The van der Waals surface area contributed by atoms with E-state index in [1.54, 1.807) is 41.9 Å². The van der Waals surface area contributed by atoms with E-state index in [4.69, 9.17) is 10.00 Å². The maximum absolute atomic E-state index is 12.5. The Morgan fingerprint density at radius 1 is 1.44 bits per heavy atom. The van der Waals surface area contributed by atoms with Crippen LogP contribution in [0.4, 0.5) is 11.5 Å². The summed E-state index contributed by atoms with van der Waals surface area (Å²) in [4.78, 5) is 17.0. The number of hydrogen-bond acceptors (Lipinski definition) is 7. The van der Waals surface area contributed by atoms with E-state index in [0.717, 1.165) is 0 Å². The summed E-state index contributed by atoms with van der Waals surface area (Å²) in [5.41, 5.74) is 2.10. The van der Waals surface area contributed by atoms with Gasteiger partial charge in [-0.3, -0.25) is 0 Å². The number of ether oxygens (including phenoxy) is 1. The van der Waals surface area contributed by atoms with E-state index < -0.39 is 5.97 Å². The summed E-state index contributed by atoms with van der Waals surface area (Å²) in [6.45, 7) is 2.01. The first kappa shape index (κ1) is 16.8. The molecule has 0 bridgehead atoms. The molecule has 0 aliphatic heterocycles. The van der Waals surface area contributed by atoms with Crippen LogP contribution >= 0.6 is 11.8 Å². The lowest BCUT2D eigenvalue weighted by molar-refractivity contribution is 0.0522. The molecule has 0 atom stereocenters. The molecule has 7 nitrogen and oxygen atoms in total. The van der Waals surface area contributed by atoms with Gasteiger partial charge in [0.05, 0.1) is 24.4 Å². The highest BCUT2D eigenvalue weighted by Crippen LogP contribution is 2.30. The summed E-state index contributed by atoms with van der Waals surface area (Å²) in [5, 5.41) is 17.1. The van der Waals surface area contributed by atoms with Crippen molar-refractivity contribution < 1.29 is 9.53 Å². The quantitative estimate of drug-likeness (QED) is 0.427. The number of aromatic nitrogens is 3. The number of nitrogens with zero attached hydrogens (tertiary/aromatic N) is 4. The summed E-state index contributed by atoms with van der Waals surface area (Å²) in [6, 6.07) is 10.8. The third-order valence-electron chi connectivity index (χ3n) is 3.43. The number of carbonyl (C=O) groups excluding carboxylic acids is 1. The van der Waals surface area contributed by atoms with Crippen molar-refractivity contribution in [1.82, 2.24) is 14.6 Å². The van der Waals surface area contributed by atoms with Gasteiger partial charge in [0.1, 0.15) is 10.6 Å². The van der Waals surface area contributed by atoms with E-state index in [0.29, 0.717) is 33.3 Å². The summed E-state index contributed by atoms with van der Waals surface area (Å²) in [5.74, 6) is -0.0245. The van der Waals surface area contributed by atoms with E-state index in [1.165, 1.54) is 11.8 Å². The van der Waals surface area contributed by atoms with Crippen molar-refractivity contribution in [2.75, 3.05) is 18.2 Å². The Labute approximate surface area is 148 Å². The van der Waals surface area contributed by atoms with Gasteiger partial charge in [-0.25, -0.2) is 9.78 Å². The first-order valence-corrected chi connectivity index (χ1v) is 8.76. The molecule has 2 heterocycles. The largest absolute Gasteiger partial charge is 0.462 e. The minimum absolute atomic E-state index is 0.257. The maximum atomic E-state index is 12.5. The van der Waals surface area contributed by atoms with E-state index >= 15 is 0 Å². The first-order valence-electron chi connectivity index (χ1n) is 7.54. The lowest BCUT2D eigenvalue weighted by atomic mass is 10.2. The Balaban J connectivity index is 2.19. The first-order chi connectivity index (χ1) is 12.2. The zero-order valence-corrected chi connectivity index (χ0v) is 14.5. The average molecular weight is 353 g/mol. The predicted octanol–water partition coefficient (Wildman–Crippen LogP) is 3.24. The van der Waals surface area contributed by atoms with Gasteiger partial charge in [0.2, 0.25) is 0 Å². The maximum Gasteiger partial charge on any atom is 0.344 e. The lowest BCUT2D eigenvalue weighted by Gasteiger charge is -2.15. The normalized spacial score (nSPS) is 10.4. The zero-order chi connectivity index (χ0) is 17.8. The van der Waals surface area contributed by atoms with Gasteiger partial charge in [0.15, 0.2) is 11.5 Å². The van der Waals surface area contributed by atoms with E-state index in [2.05, 4.69) is 21.5 Å². The number of nitriles is 1. The number of rotatable bonds is 5. The van der Waals surface area contributed by atoms with Crippen molar-refractivity contribution in [3.63, 3.8) is 0 Å². The average Bonchev–Trinajstić information content (AvgIpc) is 3.10. The molecule has 2 aromatic heterocycles. The molecule has 0 saturated carbocycles. The number of carbonyl (C=O) groups is 1. The number of esters is 1. The van der Waals surface area contributed by atoms with Crippen LogP contribution in [0.15, 0.2) is 41.6 Å². The van der Waals surface area contributed by atoms with E-state index in [9.17, 15) is 4.79 Å². The molecule has 126 valence electrons. The van der Waals surface area contributed by atoms with Crippen molar-refractivity contribution in [3.8, 4) is 6.07 Å². The molecule has 0 aliphatic rings. The molecular weight excluding hydrogens is 338 g/mol. The standard InChI is InChI=1S/C17H15N5O2S/c1-3-24-17(23)14-15(20-12-6-4-5-11(9-12)10-18)22-13(7-8-19-22)21-16(14)25-2/h4-9,20H,3H2,1-2H3. The van der Waals surface area contributed by atoms with Gasteiger partial charge in [-0.05, 0) is 31.4 Å². The molecule has 0 radical (unpaired) electrons. The van der Waals surface area contributed by atoms with Gasteiger partial charge in [-0.1, -0.05) is 6.07 Å². The van der Waals surface area contributed by atoms with Gasteiger partial charge < -0.3 is 10.1 Å².